The summed E-state index contributed by atoms with van der Waals surface area (Å²) >= 11 is 0. The first-order chi connectivity index (χ1) is 11.7. The van der Waals surface area contributed by atoms with Crippen LogP contribution in [-0.4, -0.2) is 68.3 Å². The van der Waals surface area contributed by atoms with Crippen molar-refractivity contribution in [1.82, 2.24) is 34.9 Å². The first-order valence-corrected chi connectivity index (χ1v) is 8.19. The highest BCUT2D eigenvalue weighted by Crippen LogP contribution is 2.15. The second-order valence-corrected chi connectivity index (χ2v) is 5.97. The van der Waals surface area contributed by atoms with Crippen LogP contribution < -0.4 is 5.32 Å². The molecule has 2 aromatic rings. The second kappa shape index (κ2) is 7.87. The lowest BCUT2D eigenvalue weighted by Crippen LogP contribution is -2.42. The number of likely N-dealkylation sites (tertiary alicyclic amines) is 1. The lowest BCUT2D eigenvalue weighted by molar-refractivity contribution is 0.195. The van der Waals surface area contributed by atoms with Gasteiger partial charge in [-0.1, -0.05) is 0 Å². The average molecular weight is 329 g/mol. The van der Waals surface area contributed by atoms with E-state index < -0.39 is 0 Å². The van der Waals surface area contributed by atoms with Gasteiger partial charge in [0.1, 0.15) is 5.82 Å². The van der Waals surface area contributed by atoms with Crippen molar-refractivity contribution in [3.05, 3.63) is 42.7 Å². The van der Waals surface area contributed by atoms with Gasteiger partial charge in [-0.2, -0.15) is 5.10 Å². The lowest BCUT2D eigenvalue weighted by atomic mass is 10.2. The third kappa shape index (κ3) is 4.29. The molecule has 2 aromatic heterocycles. The van der Waals surface area contributed by atoms with Gasteiger partial charge in [0.25, 0.3) is 0 Å². The van der Waals surface area contributed by atoms with Crippen molar-refractivity contribution in [2.24, 2.45) is 0 Å². The minimum absolute atomic E-state index is 0.00554. The van der Waals surface area contributed by atoms with E-state index in [1.165, 1.54) is 0 Å². The number of carbonyl (C=O) groups is 1. The smallest absolute Gasteiger partial charge is 0.317 e. The maximum Gasteiger partial charge on any atom is 0.317 e. The summed E-state index contributed by atoms with van der Waals surface area (Å²) in [6, 6.07) is 4.02. The molecule has 128 valence electrons. The zero-order valence-electron chi connectivity index (χ0n) is 13.9. The molecular formula is C16H23N7O. The predicted molar refractivity (Wildman–Crippen MR) is 89.1 cm³/mol. The van der Waals surface area contributed by atoms with Gasteiger partial charge in [-0.05, 0) is 25.6 Å². The number of urea groups is 1. The van der Waals surface area contributed by atoms with Gasteiger partial charge in [-0.3, -0.25) is 9.58 Å². The quantitative estimate of drug-likeness (QED) is 0.839. The van der Waals surface area contributed by atoms with E-state index in [2.05, 4.69) is 32.3 Å². The molecule has 0 spiro atoms. The molecule has 0 saturated carbocycles. The van der Waals surface area contributed by atoms with Crippen LogP contribution in [0.1, 0.15) is 12.2 Å². The van der Waals surface area contributed by atoms with Gasteiger partial charge in [-0.25, -0.2) is 14.8 Å². The summed E-state index contributed by atoms with van der Waals surface area (Å²) in [7, 11) is 2.06. The molecule has 0 aromatic carbocycles. The van der Waals surface area contributed by atoms with Crippen LogP contribution >= 0.6 is 0 Å². The third-order valence-electron chi connectivity index (χ3n) is 4.26. The Labute approximate surface area is 141 Å². The largest absolute Gasteiger partial charge is 0.336 e. The van der Waals surface area contributed by atoms with E-state index in [4.69, 9.17) is 0 Å². The lowest BCUT2D eigenvalue weighted by Gasteiger charge is -2.24. The first-order valence-electron chi connectivity index (χ1n) is 8.19. The maximum absolute atomic E-state index is 12.2. The van der Waals surface area contributed by atoms with E-state index in [1.807, 2.05) is 23.2 Å². The molecule has 3 rings (SSSR count). The summed E-state index contributed by atoms with van der Waals surface area (Å²) in [6.07, 6.45) is 8.10. The second-order valence-electron chi connectivity index (χ2n) is 5.97. The minimum Gasteiger partial charge on any atom is -0.336 e. The van der Waals surface area contributed by atoms with Gasteiger partial charge < -0.3 is 10.2 Å². The Morgan fingerprint density at radius 3 is 2.92 bits per heavy atom. The normalized spacial score (nSPS) is 17.4. The SMILES string of the molecule is CN(Cc1ncccn1)[C@@H]1CCN(C(=O)NCCn2cccn2)C1. The summed E-state index contributed by atoms with van der Waals surface area (Å²) in [6.45, 7) is 3.46. The Kier molecular flexibility index (Phi) is 5.37. The number of carbonyl (C=O) groups excluding carboxylic acids is 1. The Morgan fingerprint density at radius 1 is 1.33 bits per heavy atom. The van der Waals surface area contributed by atoms with Crippen molar-refractivity contribution in [2.75, 3.05) is 26.7 Å². The minimum atomic E-state index is -0.00554. The summed E-state index contributed by atoms with van der Waals surface area (Å²) in [5, 5.41) is 7.07. The fourth-order valence-electron chi connectivity index (χ4n) is 2.87. The number of hydrogen-bond donors (Lipinski definition) is 1. The highest BCUT2D eigenvalue weighted by Gasteiger charge is 2.28. The highest BCUT2D eigenvalue weighted by atomic mass is 16.2. The highest BCUT2D eigenvalue weighted by molar-refractivity contribution is 5.74. The molecule has 1 saturated heterocycles. The van der Waals surface area contributed by atoms with Crippen molar-refractivity contribution in [3.63, 3.8) is 0 Å². The molecular weight excluding hydrogens is 306 g/mol. The molecule has 1 N–H and O–H groups in total. The van der Waals surface area contributed by atoms with Crippen LogP contribution in [0.15, 0.2) is 36.9 Å². The molecule has 1 fully saturated rings. The number of rotatable bonds is 6. The molecule has 0 bridgehead atoms. The van der Waals surface area contributed by atoms with Crippen LogP contribution in [0.25, 0.3) is 0 Å². The molecule has 2 amide bonds. The Bertz CT molecular complexity index is 631. The van der Waals surface area contributed by atoms with Crippen LogP contribution in [0.5, 0.6) is 0 Å². The van der Waals surface area contributed by atoms with E-state index in [0.717, 1.165) is 25.3 Å². The van der Waals surface area contributed by atoms with Crippen LogP contribution in [0, 0.1) is 0 Å². The molecule has 24 heavy (non-hydrogen) atoms. The Morgan fingerprint density at radius 2 is 2.17 bits per heavy atom. The van der Waals surface area contributed by atoms with Crippen LogP contribution in [-0.2, 0) is 13.1 Å². The van der Waals surface area contributed by atoms with Crippen molar-refractivity contribution in [2.45, 2.75) is 25.6 Å². The molecule has 1 aliphatic rings. The molecule has 3 heterocycles. The molecule has 0 aliphatic carbocycles. The molecule has 0 radical (unpaired) electrons. The van der Waals surface area contributed by atoms with Gasteiger partial charge in [0.15, 0.2) is 0 Å². The zero-order valence-corrected chi connectivity index (χ0v) is 13.9. The number of aromatic nitrogens is 4. The van der Waals surface area contributed by atoms with Gasteiger partial charge >= 0.3 is 6.03 Å². The number of amides is 2. The Hall–Kier alpha value is -2.48. The third-order valence-corrected chi connectivity index (χ3v) is 4.26. The van der Waals surface area contributed by atoms with E-state index in [9.17, 15) is 4.79 Å². The van der Waals surface area contributed by atoms with E-state index in [1.54, 1.807) is 23.3 Å². The fraction of sp³-hybridized carbons (Fsp3) is 0.500. The van der Waals surface area contributed by atoms with E-state index >= 15 is 0 Å². The van der Waals surface area contributed by atoms with E-state index in [-0.39, 0.29) is 6.03 Å². The fourth-order valence-corrected chi connectivity index (χ4v) is 2.87. The van der Waals surface area contributed by atoms with Crippen LogP contribution in [0.3, 0.4) is 0 Å². The van der Waals surface area contributed by atoms with E-state index in [0.29, 0.717) is 25.7 Å². The van der Waals surface area contributed by atoms with Gasteiger partial charge in [-0.15, -0.1) is 0 Å². The van der Waals surface area contributed by atoms with Crippen molar-refractivity contribution in [3.8, 4) is 0 Å². The number of hydrogen-bond acceptors (Lipinski definition) is 5. The Balaban J connectivity index is 1.41. The number of nitrogens with one attached hydrogen (secondary N) is 1. The summed E-state index contributed by atoms with van der Waals surface area (Å²) < 4.78 is 1.81. The molecule has 1 atom stereocenters. The first kappa shape index (κ1) is 16.4. The summed E-state index contributed by atoms with van der Waals surface area (Å²) in [4.78, 5) is 24.8. The van der Waals surface area contributed by atoms with Gasteiger partial charge in [0.2, 0.25) is 0 Å². The average Bonchev–Trinajstić information content (AvgIpc) is 3.27. The monoisotopic (exact) mass is 329 g/mol. The molecule has 8 heteroatoms. The van der Waals surface area contributed by atoms with Crippen LogP contribution in [0.4, 0.5) is 4.79 Å². The molecule has 1 aliphatic heterocycles. The topological polar surface area (TPSA) is 79.2 Å². The predicted octanol–water partition coefficient (Wildman–Crippen LogP) is 0.589. The standard InChI is InChI=1S/C16H23N7O/c1-21(13-15-17-5-2-6-18-15)14-4-10-22(12-14)16(24)19-8-11-23-9-3-7-20-23/h2-3,5-7,9,14H,4,8,10-13H2,1H3,(H,19,24)/t14-/m1/s1. The van der Waals surface area contributed by atoms with Crippen LogP contribution in [0.2, 0.25) is 0 Å². The van der Waals surface area contributed by atoms with Crippen molar-refractivity contribution < 1.29 is 4.79 Å². The van der Waals surface area contributed by atoms with Crippen molar-refractivity contribution >= 4 is 6.03 Å². The maximum atomic E-state index is 12.2. The molecule has 8 nitrogen and oxygen atoms in total. The number of nitrogens with zero attached hydrogens (tertiary/aromatic N) is 6. The van der Waals surface area contributed by atoms with Gasteiger partial charge in [0.05, 0.1) is 13.1 Å². The number of likely N-dealkylation sites (N-methyl/N-ethyl adjacent to an activating group) is 1. The van der Waals surface area contributed by atoms with Gasteiger partial charge in [0, 0.05) is 50.5 Å². The molecule has 0 unspecified atom stereocenters. The summed E-state index contributed by atoms with van der Waals surface area (Å²) in [5.74, 6) is 0.808. The summed E-state index contributed by atoms with van der Waals surface area (Å²) in [5.41, 5.74) is 0. The zero-order chi connectivity index (χ0) is 16.8. The van der Waals surface area contributed by atoms with Crippen molar-refractivity contribution in [1.29, 1.82) is 0 Å².